The summed E-state index contributed by atoms with van der Waals surface area (Å²) in [6.07, 6.45) is 5.96. The van der Waals surface area contributed by atoms with Gasteiger partial charge in [-0.1, -0.05) is 24.3 Å². The zero-order valence-electron chi connectivity index (χ0n) is 21.5. The summed E-state index contributed by atoms with van der Waals surface area (Å²) in [5, 5.41) is 3.00. The zero-order valence-corrected chi connectivity index (χ0v) is 21.5. The molecule has 1 atom stereocenters. The van der Waals surface area contributed by atoms with Crippen molar-refractivity contribution in [3.8, 4) is 0 Å². The summed E-state index contributed by atoms with van der Waals surface area (Å²) in [5.74, 6) is 1.01. The van der Waals surface area contributed by atoms with Crippen LogP contribution in [0.15, 0.2) is 60.9 Å². The van der Waals surface area contributed by atoms with E-state index in [4.69, 9.17) is 5.73 Å². The van der Waals surface area contributed by atoms with Crippen LogP contribution in [-0.4, -0.2) is 52.9 Å². The van der Waals surface area contributed by atoms with Crippen LogP contribution in [0.25, 0.3) is 0 Å². The van der Waals surface area contributed by atoms with E-state index in [9.17, 15) is 9.59 Å². The molecular formula is C29H34N6O2. The van der Waals surface area contributed by atoms with E-state index in [1.54, 1.807) is 35.5 Å². The molecule has 2 aromatic heterocycles. The molecule has 0 unspecified atom stereocenters. The van der Waals surface area contributed by atoms with Crippen LogP contribution in [0.3, 0.4) is 0 Å². The highest BCUT2D eigenvalue weighted by Gasteiger charge is 2.47. The van der Waals surface area contributed by atoms with Gasteiger partial charge in [0.2, 0.25) is 5.91 Å². The Balaban J connectivity index is 1.30. The van der Waals surface area contributed by atoms with Gasteiger partial charge in [-0.05, 0) is 62.4 Å². The van der Waals surface area contributed by atoms with Crippen LogP contribution in [0.1, 0.15) is 60.5 Å². The van der Waals surface area contributed by atoms with Gasteiger partial charge in [0, 0.05) is 55.7 Å². The molecule has 3 N–H and O–H groups in total. The Morgan fingerprint density at radius 1 is 1.08 bits per heavy atom. The number of benzene rings is 1. The number of hydrogen-bond donors (Lipinski definition) is 2. The van der Waals surface area contributed by atoms with E-state index in [2.05, 4.69) is 38.4 Å². The topological polar surface area (TPSA) is 104 Å². The lowest BCUT2D eigenvalue weighted by molar-refractivity contribution is -0.117. The number of nitrogen functional groups attached to an aromatic ring is 1. The van der Waals surface area contributed by atoms with Gasteiger partial charge < -0.3 is 20.9 Å². The van der Waals surface area contributed by atoms with E-state index >= 15 is 0 Å². The van der Waals surface area contributed by atoms with E-state index in [0.717, 1.165) is 43.7 Å². The molecule has 3 heterocycles. The summed E-state index contributed by atoms with van der Waals surface area (Å²) >= 11 is 0. The van der Waals surface area contributed by atoms with Gasteiger partial charge in [-0.15, -0.1) is 0 Å². The Hall–Kier alpha value is -3.94. The molecule has 8 heteroatoms. The number of carbonyl (C=O) groups is 2. The molecule has 3 aromatic rings. The van der Waals surface area contributed by atoms with Gasteiger partial charge in [-0.3, -0.25) is 9.59 Å². The van der Waals surface area contributed by atoms with Crippen LogP contribution in [0.5, 0.6) is 0 Å². The molecule has 0 bridgehead atoms. The maximum Gasteiger partial charge on any atom is 0.255 e. The number of nitrogens with one attached hydrogen (secondary N) is 1. The van der Waals surface area contributed by atoms with Crippen molar-refractivity contribution in [1.29, 1.82) is 0 Å². The molecule has 2 aliphatic rings. The van der Waals surface area contributed by atoms with Crippen molar-refractivity contribution in [2.45, 2.75) is 44.4 Å². The van der Waals surface area contributed by atoms with Gasteiger partial charge in [0.05, 0.1) is 11.5 Å². The maximum atomic E-state index is 13.5. The average molecular weight is 499 g/mol. The predicted octanol–water partition coefficient (Wildman–Crippen LogP) is 4.21. The lowest BCUT2D eigenvalue weighted by Gasteiger charge is -2.41. The Labute approximate surface area is 217 Å². The number of nitrogens with zero attached hydrogens (tertiary/aromatic N) is 4. The van der Waals surface area contributed by atoms with E-state index < -0.39 is 0 Å². The first-order valence-electron chi connectivity index (χ1n) is 13.1. The van der Waals surface area contributed by atoms with Crippen LogP contribution in [-0.2, 0) is 10.2 Å². The third-order valence-electron chi connectivity index (χ3n) is 7.95. The fourth-order valence-corrected chi connectivity index (χ4v) is 5.87. The fourth-order valence-electron chi connectivity index (χ4n) is 5.87. The van der Waals surface area contributed by atoms with E-state index in [1.807, 2.05) is 26.0 Å². The third kappa shape index (κ3) is 4.75. The highest BCUT2D eigenvalue weighted by Crippen LogP contribution is 2.52. The normalized spacial score (nSPS) is 17.9. The second-order valence-electron chi connectivity index (χ2n) is 9.96. The quantitative estimate of drug-likeness (QED) is 0.528. The van der Waals surface area contributed by atoms with Crippen LogP contribution in [0, 0.1) is 0 Å². The first-order chi connectivity index (χ1) is 17.9. The van der Waals surface area contributed by atoms with Crippen molar-refractivity contribution >= 4 is 29.1 Å². The number of carbonyl (C=O) groups excluding carboxylic acids is 2. The summed E-state index contributed by atoms with van der Waals surface area (Å²) in [4.78, 5) is 39.0. The molecule has 0 saturated carbocycles. The number of piperidine rings is 1. The number of amides is 2. The number of fused-ring (bicyclic) bond motifs is 2. The van der Waals surface area contributed by atoms with E-state index in [0.29, 0.717) is 30.2 Å². The Bertz CT molecular complexity index is 1280. The van der Waals surface area contributed by atoms with Crippen LogP contribution >= 0.6 is 0 Å². The van der Waals surface area contributed by atoms with Gasteiger partial charge in [0.15, 0.2) is 0 Å². The molecule has 1 aliphatic heterocycles. The molecule has 1 spiro atoms. The monoisotopic (exact) mass is 498 g/mol. The Morgan fingerprint density at radius 2 is 1.84 bits per heavy atom. The number of anilines is 3. The van der Waals surface area contributed by atoms with Crippen molar-refractivity contribution < 1.29 is 9.59 Å². The SMILES string of the molecule is CCN(CC)C(=O)c1ccc(NC(=O)[C@H]2CC3(CCN(c4cc(N)ccn4)CC3)c3ccccc32)nc1. The summed E-state index contributed by atoms with van der Waals surface area (Å²) < 4.78 is 0. The number of nitrogens with two attached hydrogens (primary N) is 1. The summed E-state index contributed by atoms with van der Waals surface area (Å²) in [6, 6.07) is 15.5. The zero-order chi connectivity index (χ0) is 26.0. The van der Waals surface area contributed by atoms with E-state index in [-0.39, 0.29) is 23.1 Å². The number of aromatic nitrogens is 2. The van der Waals surface area contributed by atoms with Gasteiger partial charge in [0.1, 0.15) is 11.6 Å². The fraction of sp³-hybridized carbons (Fsp3) is 0.379. The smallest absolute Gasteiger partial charge is 0.255 e. The molecular weight excluding hydrogens is 464 g/mol. The lowest BCUT2D eigenvalue weighted by Crippen LogP contribution is -2.42. The molecule has 1 saturated heterocycles. The minimum atomic E-state index is -0.243. The molecule has 192 valence electrons. The second kappa shape index (κ2) is 10.2. The highest BCUT2D eigenvalue weighted by atomic mass is 16.2. The van der Waals surface area contributed by atoms with Crippen molar-refractivity contribution in [1.82, 2.24) is 14.9 Å². The van der Waals surface area contributed by atoms with Gasteiger partial charge in [-0.25, -0.2) is 9.97 Å². The van der Waals surface area contributed by atoms with Gasteiger partial charge in [0.25, 0.3) is 5.91 Å². The second-order valence-corrected chi connectivity index (χ2v) is 9.96. The molecule has 1 fully saturated rings. The number of hydrogen-bond acceptors (Lipinski definition) is 6. The molecule has 1 aliphatic carbocycles. The summed E-state index contributed by atoms with van der Waals surface area (Å²) in [6.45, 7) is 6.92. The molecule has 0 radical (unpaired) electrons. The third-order valence-corrected chi connectivity index (χ3v) is 7.95. The lowest BCUT2D eigenvalue weighted by atomic mass is 9.73. The summed E-state index contributed by atoms with van der Waals surface area (Å²) in [5.41, 5.74) is 9.55. The van der Waals surface area contributed by atoms with Gasteiger partial charge >= 0.3 is 0 Å². The predicted molar refractivity (Wildman–Crippen MR) is 146 cm³/mol. The van der Waals surface area contributed by atoms with Crippen LogP contribution in [0.2, 0.25) is 0 Å². The minimum absolute atomic E-state index is 0.0388. The van der Waals surface area contributed by atoms with Crippen molar-refractivity contribution in [3.63, 3.8) is 0 Å². The van der Waals surface area contributed by atoms with Crippen LogP contribution < -0.4 is 16.0 Å². The van der Waals surface area contributed by atoms with Crippen molar-refractivity contribution in [2.24, 2.45) is 0 Å². The first-order valence-corrected chi connectivity index (χ1v) is 13.1. The number of rotatable bonds is 6. The maximum absolute atomic E-state index is 13.5. The Morgan fingerprint density at radius 3 is 2.51 bits per heavy atom. The highest BCUT2D eigenvalue weighted by molar-refractivity contribution is 5.97. The molecule has 1 aromatic carbocycles. The molecule has 37 heavy (non-hydrogen) atoms. The van der Waals surface area contributed by atoms with Crippen LogP contribution in [0.4, 0.5) is 17.3 Å². The average Bonchev–Trinajstić information content (AvgIpc) is 3.24. The minimum Gasteiger partial charge on any atom is -0.399 e. The molecule has 5 rings (SSSR count). The van der Waals surface area contributed by atoms with E-state index in [1.165, 1.54) is 5.56 Å². The Kier molecular flexibility index (Phi) is 6.82. The van der Waals surface area contributed by atoms with Crippen molar-refractivity contribution in [3.05, 3.63) is 77.6 Å². The van der Waals surface area contributed by atoms with Gasteiger partial charge in [-0.2, -0.15) is 0 Å². The largest absolute Gasteiger partial charge is 0.399 e. The van der Waals surface area contributed by atoms with Crippen molar-refractivity contribution in [2.75, 3.05) is 42.1 Å². The first kappa shape index (κ1) is 24.7. The summed E-state index contributed by atoms with van der Waals surface area (Å²) in [7, 11) is 0. The number of pyridine rings is 2. The molecule has 2 amide bonds. The molecule has 8 nitrogen and oxygen atoms in total. The standard InChI is InChI=1S/C29H34N6O2/c1-3-34(4-2)28(37)20-9-10-25(32-19-20)33-27(36)23-18-29(24-8-6-5-7-22(23)24)12-15-35(16-13-29)26-17-21(30)11-14-31-26/h5-11,14,17,19,23H,3-4,12-13,15-16,18H2,1-2H3,(H2,30,31)(H,32,33,36)/t23-/m0/s1.